The number of carbonyl (C=O) groups is 1. The molecule has 0 aliphatic carbocycles. The van der Waals surface area contributed by atoms with E-state index in [1.807, 2.05) is 19.1 Å². The predicted octanol–water partition coefficient (Wildman–Crippen LogP) is 2.76. The van der Waals surface area contributed by atoms with Crippen LogP contribution >= 0.6 is 0 Å². The fourth-order valence-corrected chi connectivity index (χ4v) is 2.03. The molecule has 0 spiro atoms. The van der Waals surface area contributed by atoms with Gasteiger partial charge in [0, 0.05) is 18.7 Å². The van der Waals surface area contributed by atoms with E-state index >= 15 is 0 Å². The highest BCUT2D eigenvalue weighted by atomic mass is 16.4. The summed E-state index contributed by atoms with van der Waals surface area (Å²) in [5.41, 5.74) is 3.40. The summed E-state index contributed by atoms with van der Waals surface area (Å²) >= 11 is 0. The molecule has 0 heterocycles. The van der Waals surface area contributed by atoms with Crippen molar-refractivity contribution in [3.63, 3.8) is 0 Å². The Morgan fingerprint density at radius 2 is 2.05 bits per heavy atom. The molecule has 0 aliphatic rings. The molecule has 0 saturated carbocycles. The smallest absolute Gasteiger partial charge is 0.303 e. The van der Waals surface area contributed by atoms with E-state index in [0.29, 0.717) is 12.5 Å². The molecule has 0 bridgehead atoms. The second-order valence-corrected chi connectivity index (χ2v) is 5.16. The lowest BCUT2D eigenvalue weighted by molar-refractivity contribution is -0.137. The van der Waals surface area contributed by atoms with Gasteiger partial charge in [0.25, 0.3) is 0 Å². The Kier molecular flexibility index (Phi) is 5.83. The van der Waals surface area contributed by atoms with E-state index in [1.54, 1.807) is 0 Å². The number of hydrogen-bond acceptors (Lipinski definition) is 3. The van der Waals surface area contributed by atoms with Crippen LogP contribution in [0.1, 0.15) is 43.7 Å². The van der Waals surface area contributed by atoms with Crippen molar-refractivity contribution in [1.82, 2.24) is 0 Å². The Labute approximate surface area is 114 Å². The van der Waals surface area contributed by atoms with Crippen molar-refractivity contribution in [2.75, 3.05) is 11.9 Å². The van der Waals surface area contributed by atoms with E-state index in [1.165, 1.54) is 5.56 Å². The van der Waals surface area contributed by atoms with Crippen LogP contribution in [0.15, 0.2) is 18.2 Å². The van der Waals surface area contributed by atoms with Gasteiger partial charge >= 0.3 is 5.97 Å². The molecular weight excluding hydrogens is 242 g/mol. The fourth-order valence-electron chi connectivity index (χ4n) is 2.03. The van der Waals surface area contributed by atoms with Gasteiger partial charge in [0.05, 0.1) is 6.10 Å². The number of aryl methyl sites for hydroxylation is 1. The fraction of sp³-hybridized carbons (Fsp3) is 0.533. The number of carboxylic acid groups (broad SMARTS) is 1. The summed E-state index contributed by atoms with van der Waals surface area (Å²) in [4.78, 5) is 10.4. The van der Waals surface area contributed by atoms with E-state index in [2.05, 4.69) is 25.2 Å². The van der Waals surface area contributed by atoms with Crippen molar-refractivity contribution in [3.8, 4) is 0 Å². The Hall–Kier alpha value is -1.55. The van der Waals surface area contributed by atoms with Gasteiger partial charge in [-0.1, -0.05) is 32.0 Å². The number of carboxylic acids is 1. The summed E-state index contributed by atoms with van der Waals surface area (Å²) in [5, 5.41) is 21.6. The molecule has 1 atom stereocenters. The minimum absolute atomic E-state index is 0.00629. The van der Waals surface area contributed by atoms with Crippen LogP contribution in [0, 0.1) is 6.92 Å². The van der Waals surface area contributed by atoms with Gasteiger partial charge in [-0.15, -0.1) is 0 Å². The second-order valence-electron chi connectivity index (χ2n) is 5.16. The summed E-state index contributed by atoms with van der Waals surface area (Å²) in [6.07, 6.45) is -0.380. The second kappa shape index (κ2) is 7.14. The highest BCUT2D eigenvalue weighted by molar-refractivity contribution is 5.66. The largest absolute Gasteiger partial charge is 0.481 e. The predicted molar refractivity (Wildman–Crippen MR) is 76.6 cm³/mol. The molecule has 0 aromatic heterocycles. The first-order chi connectivity index (χ1) is 8.91. The van der Waals surface area contributed by atoms with Crippen molar-refractivity contribution >= 4 is 11.7 Å². The SMILES string of the molecule is Cc1cccc(C(C)C)c1NCC(O)CCC(=O)O. The Balaban J connectivity index is 2.64. The maximum absolute atomic E-state index is 10.4. The number of para-hydroxylation sites is 1. The number of aliphatic hydroxyl groups excluding tert-OH is 1. The first-order valence-electron chi connectivity index (χ1n) is 6.65. The number of nitrogens with one attached hydrogen (secondary N) is 1. The van der Waals surface area contributed by atoms with Crippen LogP contribution in [0.3, 0.4) is 0 Å². The Morgan fingerprint density at radius 1 is 1.37 bits per heavy atom. The van der Waals surface area contributed by atoms with Crippen LogP contribution in [0.25, 0.3) is 0 Å². The van der Waals surface area contributed by atoms with Crippen LogP contribution in [0.2, 0.25) is 0 Å². The van der Waals surface area contributed by atoms with E-state index in [4.69, 9.17) is 5.11 Å². The minimum Gasteiger partial charge on any atom is -0.481 e. The quantitative estimate of drug-likeness (QED) is 0.709. The molecule has 0 amide bonds. The lowest BCUT2D eigenvalue weighted by Crippen LogP contribution is -2.21. The summed E-state index contributed by atoms with van der Waals surface area (Å²) in [5.74, 6) is -0.476. The van der Waals surface area contributed by atoms with Gasteiger partial charge in [-0.3, -0.25) is 4.79 Å². The van der Waals surface area contributed by atoms with Crippen molar-refractivity contribution in [3.05, 3.63) is 29.3 Å². The van der Waals surface area contributed by atoms with Gasteiger partial charge in [0.2, 0.25) is 0 Å². The summed E-state index contributed by atoms with van der Waals surface area (Å²) in [6, 6.07) is 6.12. The van der Waals surface area contributed by atoms with Crippen molar-refractivity contribution < 1.29 is 15.0 Å². The van der Waals surface area contributed by atoms with Crippen LogP contribution in [0.4, 0.5) is 5.69 Å². The highest BCUT2D eigenvalue weighted by Crippen LogP contribution is 2.27. The average Bonchev–Trinajstić information content (AvgIpc) is 2.34. The minimum atomic E-state index is -0.877. The third-order valence-corrected chi connectivity index (χ3v) is 3.13. The molecule has 4 nitrogen and oxygen atoms in total. The number of hydrogen-bond donors (Lipinski definition) is 3. The number of benzene rings is 1. The lowest BCUT2D eigenvalue weighted by Gasteiger charge is -2.19. The van der Waals surface area contributed by atoms with Crippen molar-refractivity contribution in [2.45, 2.75) is 45.6 Å². The standard InChI is InChI=1S/C15H23NO3/c1-10(2)13-6-4-5-11(3)15(13)16-9-12(17)7-8-14(18)19/h4-6,10,12,16-17H,7-9H2,1-3H3,(H,18,19). The number of aliphatic carboxylic acids is 1. The molecule has 19 heavy (non-hydrogen) atoms. The lowest BCUT2D eigenvalue weighted by atomic mass is 9.98. The molecule has 1 aromatic rings. The monoisotopic (exact) mass is 265 g/mol. The number of aliphatic hydroxyl groups is 1. The average molecular weight is 265 g/mol. The molecule has 106 valence electrons. The van der Waals surface area contributed by atoms with Crippen molar-refractivity contribution in [1.29, 1.82) is 0 Å². The van der Waals surface area contributed by atoms with E-state index in [-0.39, 0.29) is 12.8 Å². The molecule has 3 N–H and O–H groups in total. The summed E-state index contributed by atoms with van der Waals surface area (Å²) in [6.45, 7) is 6.65. The van der Waals surface area contributed by atoms with Gasteiger partial charge in [0.15, 0.2) is 0 Å². The highest BCUT2D eigenvalue weighted by Gasteiger charge is 2.11. The van der Waals surface area contributed by atoms with E-state index in [9.17, 15) is 9.90 Å². The topological polar surface area (TPSA) is 69.6 Å². The first kappa shape index (κ1) is 15.5. The van der Waals surface area contributed by atoms with Crippen LogP contribution in [0.5, 0.6) is 0 Å². The summed E-state index contributed by atoms with van der Waals surface area (Å²) < 4.78 is 0. The Morgan fingerprint density at radius 3 is 2.63 bits per heavy atom. The molecule has 0 radical (unpaired) electrons. The zero-order chi connectivity index (χ0) is 14.4. The molecule has 1 aromatic carbocycles. The van der Waals surface area contributed by atoms with Gasteiger partial charge in [-0.05, 0) is 30.4 Å². The number of rotatable bonds is 7. The molecule has 0 saturated heterocycles. The van der Waals surface area contributed by atoms with E-state index in [0.717, 1.165) is 11.3 Å². The van der Waals surface area contributed by atoms with Gasteiger partial charge in [-0.25, -0.2) is 0 Å². The zero-order valence-corrected chi connectivity index (χ0v) is 11.8. The van der Waals surface area contributed by atoms with Crippen LogP contribution in [-0.2, 0) is 4.79 Å². The molecule has 0 fully saturated rings. The maximum Gasteiger partial charge on any atom is 0.303 e. The zero-order valence-electron chi connectivity index (χ0n) is 11.8. The summed E-state index contributed by atoms with van der Waals surface area (Å²) in [7, 11) is 0. The van der Waals surface area contributed by atoms with Gasteiger partial charge in [0.1, 0.15) is 0 Å². The van der Waals surface area contributed by atoms with Crippen LogP contribution in [-0.4, -0.2) is 28.8 Å². The molecule has 0 aliphatic heterocycles. The van der Waals surface area contributed by atoms with E-state index < -0.39 is 12.1 Å². The Bertz CT molecular complexity index is 429. The molecule has 4 heteroatoms. The maximum atomic E-state index is 10.4. The third-order valence-electron chi connectivity index (χ3n) is 3.13. The number of anilines is 1. The van der Waals surface area contributed by atoms with Crippen molar-refractivity contribution in [2.24, 2.45) is 0 Å². The molecule has 1 unspecified atom stereocenters. The third kappa shape index (κ3) is 4.91. The normalized spacial score (nSPS) is 12.5. The van der Waals surface area contributed by atoms with Gasteiger partial charge < -0.3 is 15.5 Å². The van der Waals surface area contributed by atoms with Crippen LogP contribution < -0.4 is 5.32 Å². The molecular formula is C15H23NO3. The molecule has 1 rings (SSSR count). The first-order valence-corrected chi connectivity index (χ1v) is 6.65. The van der Waals surface area contributed by atoms with Gasteiger partial charge in [-0.2, -0.15) is 0 Å².